The lowest BCUT2D eigenvalue weighted by atomic mass is 9.82. The topological polar surface area (TPSA) is 61.6 Å². The SMILES string of the molecule is COC1CCC(OC(C)(C)C)(C(N)=O)CC1. The van der Waals surface area contributed by atoms with E-state index >= 15 is 0 Å². The molecule has 0 aromatic rings. The van der Waals surface area contributed by atoms with Crippen molar-refractivity contribution in [1.82, 2.24) is 0 Å². The second-order valence-corrected chi connectivity index (χ2v) is 5.51. The van der Waals surface area contributed by atoms with Gasteiger partial charge in [-0.3, -0.25) is 4.79 Å². The molecule has 0 spiro atoms. The third kappa shape index (κ3) is 3.19. The Morgan fingerprint density at radius 3 is 2.12 bits per heavy atom. The van der Waals surface area contributed by atoms with Crippen LogP contribution in [-0.4, -0.2) is 30.3 Å². The van der Waals surface area contributed by atoms with Crippen molar-refractivity contribution in [1.29, 1.82) is 0 Å². The van der Waals surface area contributed by atoms with E-state index in [0.717, 1.165) is 12.8 Å². The molecule has 1 amide bonds. The van der Waals surface area contributed by atoms with Gasteiger partial charge < -0.3 is 15.2 Å². The first-order valence-electron chi connectivity index (χ1n) is 5.82. The second kappa shape index (κ2) is 4.72. The fraction of sp³-hybridized carbons (Fsp3) is 0.917. The van der Waals surface area contributed by atoms with Crippen LogP contribution in [0.2, 0.25) is 0 Å². The Bertz CT molecular complexity index is 249. The van der Waals surface area contributed by atoms with E-state index in [1.54, 1.807) is 7.11 Å². The van der Waals surface area contributed by atoms with Crippen molar-refractivity contribution in [2.45, 2.75) is 63.8 Å². The number of hydrogen-bond acceptors (Lipinski definition) is 3. The molecule has 0 heterocycles. The fourth-order valence-electron chi connectivity index (χ4n) is 2.28. The number of ether oxygens (including phenoxy) is 2. The summed E-state index contributed by atoms with van der Waals surface area (Å²) in [5.74, 6) is -0.350. The monoisotopic (exact) mass is 229 g/mol. The van der Waals surface area contributed by atoms with Gasteiger partial charge in [0.25, 0.3) is 0 Å². The summed E-state index contributed by atoms with van der Waals surface area (Å²) >= 11 is 0. The molecule has 1 fully saturated rings. The highest BCUT2D eigenvalue weighted by Crippen LogP contribution is 2.35. The van der Waals surface area contributed by atoms with Crippen molar-refractivity contribution in [3.05, 3.63) is 0 Å². The van der Waals surface area contributed by atoms with Gasteiger partial charge in [-0.2, -0.15) is 0 Å². The standard InChI is InChI=1S/C12H23NO3/c1-11(2,3)16-12(10(13)14)7-5-9(15-4)6-8-12/h9H,5-8H2,1-4H3,(H2,13,14). The van der Waals surface area contributed by atoms with E-state index in [1.165, 1.54) is 0 Å². The summed E-state index contributed by atoms with van der Waals surface area (Å²) in [4.78, 5) is 11.6. The van der Waals surface area contributed by atoms with Crippen LogP contribution in [0.3, 0.4) is 0 Å². The fourth-order valence-corrected chi connectivity index (χ4v) is 2.28. The van der Waals surface area contributed by atoms with Crippen LogP contribution in [0.25, 0.3) is 0 Å². The van der Waals surface area contributed by atoms with Gasteiger partial charge in [-0.05, 0) is 46.5 Å². The zero-order valence-corrected chi connectivity index (χ0v) is 10.7. The number of nitrogens with two attached hydrogens (primary N) is 1. The summed E-state index contributed by atoms with van der Waals surface area (Å²) in [5, 5.41) is 0. The van der Waals surface area contributed by atoms with Gasteiger partial charge in [-0.25, -0.2) is 0 Å². The van der Waals surface area contributed by atoms with E-state index in [2.05, 4.69) is 0 Å². The highest BCUT2D eigenvalue weighted by Gasteiger charge is 2.44. The third-order valence-electron chi connectivity index (χ3n) is 3.02. The maximum absolute atomic E-state index is 11.6. The van der Waals surface area contributed by atoms with E-state index in [9.17, 15) is 4.79 Å². The van der Waals surface area contributed by atoms with Gasteiger partial charge in [0.15, 0.2) is 0 Å². The first-order chi connectivity index (χ1) is 7.29. The van der Waals surface area contributed by atoms with Gasteiger partial charge in [-0.15, -0.1) is 0 Å². The van der Waals surface area contributed by atoms with Crippen molar-refractivity contribution in [2.24, 2.45) is 5.73 Å². The summed E-state index contributed by atoms with van der Waals surface area (Å²) in [6.07, 6.45) is 3.19. The smallest absolute Gasteiger partial charge is 0.249 e. The molecule has 1 aliphatic carbocycles. The lowest BCUT2D eigenvalue weighted by Gasteiger charge is -2.41. The predicted octanol–water partition coefficient (Wildman–Crippen LogP) is 1.61. The Morgan fingerprint density at radius 2 is 1.81 bits per heavy atom. The molecule has 4 heteroatoms. The minimum atomic E-state index is -0.798. The molecule has 0 saturated heterocycles. The normalized spacial score (nSPS) is 31.4. The van der Waals surface area contributed by atoms with Crippen LogP contribution in [-0.2, 0) is 14.3 Å². The maximum atomic E-state index is 11.6. The number of amides is 1. The van der Waals surface area contributed by atoms with Crippen molar-refractivity contribution in [3.63, 3.8) is 0 Å². The minimum absolute atomic E-state index is 0.232. The quantitative estimate of drug-likeness (QED) is 0.799. The van der Waals surface area contributed by atoms with Crippen LogP contribution in [0.5, 0.6) is 0 Å². The van der Waals surface area contributed by atoms with Gasteiger partial charge in [0.1, 0.15) is 5.60 Å². The molecular weight excluding hydrogens is 206 g/mol. The number of rotatable bonds is 3. The molecule has 4 nitrogen and oxygen atoms in total. The minimum Gasteiger partial charge on any atom is -0.381 e. The Balaban J connectivity index is 2.73. The van der Waals surface area contributed by atoms with E-state index in [4.69, 9.17) is 15.2 Å². The Hall–Kier alpha value is -0.610. The summed E-state index contributed by atoms with van der Waals surface area (Å²) in [7, 11) is 1.70. The molecule has 0 atom stereocenters. The molecule has 0 unspecified atom stereocenters. The lowest BCUT2D eigenvalue weighted by Crippen LogP contribution is -2.53. The number of methoxy groups -OCH3 is 1. The molecule has 2 N–H and O–H groups in total. The molecule has 0 aromatic carbocycles. The van der Waals surface area contributed by atoms with Crippen molar-refractivity contribution < 1.29 is 14.3 Å². The van der Waals surface area contributed by atoms with Gasteiger partial charge >= 0.3 is 0 Å². The maximum Gasteiger partial charge on any atom is 0.249 e. The second-order valence-electron chi connectivity index (χ2n) is 5.51. The van der Waals surface area contributed by atoms with Crippen LogP contribution in [0.15, 0.2) is 0 Å². The molecule has 1 aliphatic rings. The zero-order chi connectivity index (χ0) is 12.4. The summed E-state index contributed by atoms with van der Waals surface area (Å²) < 4.78 is 11.2. The summed E-state index contributed by atoms with van der Waals surface area (Å²) in [6, 6.07) is 0. The Labute approximate surface area is 97.5 Å². The van der Waals surface area contributed by atoms with Crippen LogP contribution in [0.1, 0.15) is 46.5 Å². The van der Waals surface area contributed by atoms with E-state index < -0.39 is 5.60 Å². The van der Waals surface area contributed by atoms with Crippen molar-refractivity contribution >= 4 is 5.91 Å². The Kier molecular flexibility index (Phi) is 3.97. The summed E-state index contributed by atoms with van der Waals surface area (Å²) in [5.41, 5.74) is 4.34. The predicted molar refractivity (Wildman–Crippen MR) is 62.0 cm³/mol. The number of carbonyl (C=O) groups is 1. The molecule has 0 aromatic heterocycles. The van der Waals surface area contributed by atoms with Crippen LogP contribution < -0.4 is 5.73 Å². The number of hydrogen-bond donors (Lipinski definition) is 1. The van der Waals surface area contributed by atoms with Gasteiger partial charge in [0.05, 0.1) is 11.7 Å². The highest BCUT2D eigenvalue weighted by molar-refractivity contribution is 5.83. The third-order valence-corrected chi connectivity index (χ3v) is 3.02. The highest BCUT2D eigenvalue weighted by atomic mass is 16.5. The molecular formula is C12H23NO3. The molecule has 0 aliphatic heterocycles. The van der Waals surface area contributed by atoms with Gasteiger partial charge in [-0.1, -0.05) is 0 Å². The first kappa shape index (κ1) is 13.5. The molecule has 1 saturated carbocycles. The zero-order valence-electron chi connectivity index (χ0n) is 10.7. The van der Waals surface area contributed by atoms with Crippen LogP contribution in [0.4, 0.5) is 0 Å². The van der Waals surface area contributed by atoms with E-state index in [0.29, 0.717) is 12.8 Å². The van der Waals surface area contributed by atoms with E-state index in [-0.39, 0.29) is 17.6 Å². The number of carbonyl (C=O) groups excluding carboxylic acids is 1. The average molecular weight is 229 g/mol. The molecule has 0 radical (unpaired) electrons. The van der Waals surface area contributed by atoms with E-state index in [1.807, 2.05) is 20.8 Å². The molecule has 1 rings (SSSR count). The van der Waals surface area contributed by atoms with Crippen LogP contribution in [0, 0.1) is 0 Å². The molecule has 94 valence electrons. The van der Waals surface area contributed by atoms with Crippen molar-refractivity contribution in [2.75, 3.05) is 7.11 Å². The van der Waals surface area contributed by atoms with Crippen LogP contribution >= 0.6 is 0 Å². The first-order valence-corrected chi connectivity index (χ1v) is 5.82. The number of primary amides is 1. The van der Waals surface area contributed by atoms with Crippen molar-refractivity contribution in [3.8, 4) is 0 Å². The largest absolute Gasteiger partial charge is 0.381 e. The van der Waals surface area contributed by atoms with Gasteiger partial charge in [0.2, 0.25) is 5.91 Å². The van der Waals surface area contributed by atoms with Gasteiger partial charge in [0, 0.05) is 7.11 Å². The molecule has 0 bridgehead atoms. The summed E-state index contributed by atoms with van der Waals surface area (Å²) in [6.45, 7) is 5.83. The molecule has 16 heavy (non-hydrogen) atoms. The average Bonchev–Trinajstić information content (AvgIpc) is 2.16. The lowest BCUT2D eigenvalue weighted by molar-refractivity contribution is -0.177. The Morgan fingerprint density at radius 1 is 1.31 bits per heavy atom.